The minimum atomic E-state index is 0.586. The Morgan fingerprint density at radius 1 is 1.50 bits per heavy atom. The highest BCUT2D eigenvalue weighted by Gasteiger charge is 2.37. The van der Waals surface area contributed by atoms with Crippen molar-refractivity contribution < 1.29 is 0 Å². The van der Waals surface area contributed by atoms with Gasteiger partial charge in [-0.2, -0.15) is 0 Å². The van der Waals surface area contributed by atoms with Crippen molar-refractivity contribution in [3.05, 3.63) is 0 Å². The average molecular weight is 220 g/mol. The fourth-order valence-corrected chi connectivity index (χ4v) is 2.87. The Morgan fingerprint density at radius 3 is 2.81 bits per heavy atom. The van der Waals surface area contributed by atoms with Crippen LogP contribution in [0.3, 0.4) is 0 Å². The topological polar surface area (TPSA) is 15.3 Å². The molecule has 2 aliphatic rings. The first-order chi connectivity index (χ1) is 7.76. The van der Waals surface area contributed by atoms with Crippen molar-refractivity contribution in [3.63, 3.8) is 0 Å². The standard InChI is InChI=1S/C14H24N2/c1-4-6-13(5-2)16-10-14(12-7-8-12)15-9-11(16)3/h1,11-15H,5-10H2,2-3H3. The van der Waals surface area contributed by atoms with Gasteiger partial charge < -0.3 is 5.32 Å². The molecule has 1 heterocycles. The number of nitrogens with one attached hydrogen (secondary N) is 1. The van der Waals surface area contributed by atoms with Crippen LogP contribution < -0.4 is 5.32 Å². The molecule has 1 saturated carbocycles. The van der Waals surface area contributed by atoms with Crippen molar-refractivity contribution in [2.45, 2.75) is 57.7 Å². The summed E-state index contributed by atoms with van der Waals surface area (Å²) in [6.07, 6.45) is 10.4. The number of rotatable bonds is 4. The van der Waals surface area contributed by atoms with E-state index >= 15 is 0 Å². The van der Waals surface area contributed by atoms with Gasteiger partial charge in [0, 0.05) is 37.6 Å². The van der Waals surface area contributed by atoms with Crippen LogP contribution in [0.15, 0.2) is 0 Å². The largest absolute Gasteiger partial charge is 0.311 e. The second-order valence-electron chi connectivity index (χ2n) is 5.37. The lowest BCUT2D eigenvalue weighted by molar-refractivity contribution is 0.0844. The molecule has 90 valence electrons. The van der Waals surface area contributed by atoms with E-state index in [4.69, 9.17) is 6.42 Å². The highest BCUT2D eigenvalue weighted by Crippen LogP contribution is 2.34. The summed E-state index contributed by atoms with van der Waals surface area (Å²) in [7, 11) is 0. The summed E-state index contributed by atoms with van der Waals surface area (Å²) in [6, 6.07) is 1.94. The van der Waals surface area contributed by atoms with Gasteiger partial charge in [0.1, 0.15) is 0 Å². The Hall–Kier alpha value is -0.520. The first-order valence-electron chi connectivity index (χ1n) is 6.68. The van der Waals surface area contributed by atoms with Crippen LogP contribution in [0.25, 0.3) is 0 Å². The van der Waals surface area contributed by atoms with Gasteiger partial charge in [-0.25, -0.2) is 0 Å². The molecule has 1 aliphatic carbocycles. The van der Waals surface area contributed by atoms with Crippen LogP contribution in [0.2, 0.25) is 0 Å². The zero-order valence-electron chi connectivity index (χ0n) is 10.6. The molecule has 0 amide bonds. The third-order valence-electron chi connectivity index (χ3n) is 4.13. The third kappa shape index (κ3) is 2.59. The predicted octanol–water partition coefficient (Wildman–Crippen LogP) is 1.86. The van der Waals surface area contributed by atoms with E-state index in [1.54, 1.807) is 0 Å². The summed E-state index contributed by atoms with van der Waals surface area (Å²) >= 11 is 0. The lowest BCUT2D eigenvalue weighted by atomic mass is 10.0. The second-order valence-corrected chi connectivity index (χ2v) is 5.37. The summed E-state index contributed by atoms with van der Waals surface area (Å²) in [4.78, 5) is 2.64. The molecule has 3 unspecified atom stereocenters. The maximum absolute atomic E-state index is 5.47. The Bertz CT molecular complexity index is 264. The molecule has 0 aromatic carbocycles. The fourth-order valence-electron chi connectivity index (χ4n) is 2.87. The number of hydrogen-bond donors (Lipinski definition) is 1. The van der Waals surface area contributed by atoms with Crippen LogP contribution in [0.1, 0.15) is 39.5 Å². The summed E-state index contributed by atoms with van der Waals surface area (Å²) in [5.41, 5.74) is 0. The van der Waals surface area contributed by atoms with E-state index in [1.807, 2.05) is 0 Å². The summed E-state index contributed by atoms with van der Waals surface area (Å²) in [5, 5.41) is 3.69. The van der Waals surface area contributed by atoms with Gasteiger partial charge in [0.2, 0.25) is 0 Å². The number of terminal acetylenes is 1. The van der Waals surface area contributed by atoms with Crippen molar-refractivity contribution in [2.24, 2.45) is 5.92 Å². The number of piperazine rings is 1. The molecule has 1 aliphatic heterocycles. The normalized spacial score (nSPS) is 33.3. The molecule has 0 aromatic rings. The molecule has 16 heavy (non-hydrogen) atoms. The van der Waals surface area contributed by atoms with Crippen LogP contribution in [-0.2, 0) is 0 Å². The van der Waals surface area contributed by atoms with Gasteiger partial charge in [-0.05, 0) is 32.1 Å². The zero-order chi connectivity index (χ0) is 11.5. The molecule has 2 fully saturated rings. The van der Waals surface area contributed by atoms with Crippen molar-refractivity contribution in [1.29, 1.82) is 0 Å². The van der Waals surface area contributed by atoms with Crippen LogP contribution in [0.5, 0.6) is 0 Å². The van der Waals surface area contributed by atoms with Crippen molar-refractivity contribution in [2.75, 3.05) is 13.1 Å². The molecule has 2 rings (SSSR count). The SMILES string of the molecule is C#CCC(CC)N1CC(C2CC2)NCC1C. The van der Waals surface area contributed by atoms with E-state index in [0.29, 0.717) is 12.1 Å². The van der Waals surface area contributed by atoms with E-state index in [9.17, 15) is 0 Å². The molecule has 0 radical (unpaired) electrons. The van der Waals surface area contributed by atoms with Crippen LogP contribution >= 0.6 is 0 Å². The van der Waals surface area contributed by atoms with Gasteiger partial charge in [-0.15, -0.1) is 12.3 Å². The second kappa shape index (κ2) is 5.21. The van der Waals surface area contributed by atoms with Crippen molar-refractivity contribution in [1.82, 2.24) is 10.2 Å². The van der Waals surface area contributed by atoms with Gasteiger partial charge in [0.25, 0.3) is 0 Å². The Kier molecular flexibility index (Phi) is 3.89. The lowest BCUT2D eigenvalue weighted by Crippen LogP contribution is -2.59. The van der Waals surface area contributed by atoms with Gasteiger partial charge >= 0.3 is 0 Å². The molecule has 2 nitrogen and oxygen atoms in total. The minimum absolute atomic E-state index is 0.586. The highest BCUT2D eigenvalue weighted by atomic mass is 15.3. The summed E-state index contributed by atoms with van der Waals surface area (Å²) in [6.45, 7) is 6.90. The quantitative estimate of drug-likeness (QED) is 0.728. The molecule has 3 atom stereocenters. The summed E-state index contributed by atoms with van der Waals surface area (Å²) < 4.78 is 0. The van der Waals surface area contributed by atoms with E-state index in [2.05, 4.69) is 30.0 Å². The molecular weight excluding hydrogens is 196 g/mol. The van der Waals surface area contributed by atoms with Gasteiger partial charge in [-0.3, -0.25) is 4.90 Å². The number of nitrogens with zero attached hydrogens (tertiary/aromatic N) is 1. The van der Waals surface area contributed by atoms with E-state index in [0.717, 1.165) is 24.9 Å². The number of hydrogen-bond acceptors (Lipinski definition) is 2. The van der Waals surface area contributed by atoms with Gasteiger partial charge in [-0.1, -0.05) is 6.92 Å². The molecule has 0 spiro atoms. The average Bonchev–Trinajstić information content (AvgIpc) is 3.11. The molecule has 2 heteroatoms. The van der Waals surface area contributed by atoms with Gasteiger partial charge in [0.15, 0.2) is 0 Å². The lowest BCUT2D eigenvalue weighted by Gasteiger charge is -2.43. The van der Waals surface area contributed by atoms with E-state index in [-0.39, 0.29) is 0 Å². The molecule has 0 aromatic heterocycles. The zero-order valence-corrected chi connectivity index (χ0v) is 10.6. The predicted molar refractivity (Wildman–Crippen MR) is 68.2 cm³/mol. The molecule has 0 bridgehead atoms. The minimum Gasteiger partial charge on any atom is -0.311 e. The van der Waals surface area contributed by atoms with Crippen LogP contribution in [0, 0.1) is 18.3 Å². The van der Waals surface area contributed by atoms with Crippen LogP contribution in [-0.4, -0.2) is 36.1 Å². The van der Waals surface area contributed by atoms with Gasteiger partial charge in [0.05, 0.1) is 0 Å². The maximum atomic E-state index is 5.47. The Balaban J connectivity index is 1.96. The monoisotopic (exact) mass is 220 g/mol. The first-order valence-corrected chi connectivity index (χ1v) is 6.68. The maximum Gasteiger partial charge on any atom is 0.0242 e. The molecule has 1 N–H and O–H groups in total. The molecular formula is C14H24N2. The first kappa shape index (κ1) is 12.0. The van der Waals surface area contributed by atoms with E-state index < -0.39 is 0 Å². The Labute approximate surface area is 99.8 Å². The third-order valence-corrected chi connectivity index (χ3v) is 4.13. The Morgan fingerprint density at radius 2 is 2.25 bits per heavy atom. The van der Waals surface area contributed by atoms with E-state index in [1.165, 1.54) is 25.8 Å². The smallest absolute Gasteiger partial charge is 0.0242 e. The van der Waals surface area contributed by atoms with Crippen LogP contribution in [0.4, 0.5) is 0 Å². The summed E-state index contributed by atoms with van der Waals surface area (Å²) in [5.74, 6) is 3.78. The van der Waals surface area contributed by atoms with Crippen molar-refractivity contribution >= 4 is 0 Å². The van der Waals surface area contributed by atoms with Crippen molar-refractivity contribution in [3.8, 4) is 12.3 Å². The highest BCUT2D eigenvalue weighted by molar-refractivity contribution is 4.98. The molecule has 1 saturated heterocycles. The fraction of sp³-hybridized carbons (Fsp3) is 0.857.